The summed E-state index contributed by atoms with van der Waals surface area (Å²) in [5.74, 6) is -0.416. The maximum atomic E-state index is 11.5. The molecule has 4 nitrogen and oxygen atoms in total. The van der Waals surface area contributed by atoms with Gasteiger partial charge in [0, 0.05) is 29.6 Å². The number of carbonyl (C=O) groups excluding carboxylic acids is 1. The lowest BCUT2D eigenvalue weighted by Gasteiger charge is -2.08. The SMILES string of the molecule is NC(=O)c1ccccc1C[CH]c1cc(-c2cccc(N)c2)ccn1. The highest BCUT2D eigenvalue weighted by molar-refractivity contribution is 5.94. The van der Waals surface area contributed by atoms with E-state index in [1.54, 1.807) is 12.3 Å². The van der Waals surface area contributed by atoms with E-state index in [1.807, 2.05) is 61.0 Å². The summed E-state index contributed by atoms with van der Waals surface area (Å²) in [4.78, 5) is 15.9. The second-order valence-corrected chi connectivity index (χ2v) is 5.52. The minimum atomic E-state index is -0.416. The van der Waals surface area contributed by atoms with Gasteiger partial charge in [-0.15, -0.1) is 0 Å². The first kappa shape index (κ1) is 15.7. The molecule has 1 radical (unpaired) electrons. The Morgan fingerprint density at radius 3 is 2.58 bits per heavy atom. The van der Waals surface area contributed by atoms with Crippen molar-refractivity contribution in [1.29, 1.82) is 0 Å². The molecule has 24 heavy (non-hydrogen) atoms. The molecule has 0 saturated carbocycles. The molecule has 0 unspecified atom stereocenters. The third-order valence-electron chi connectivity index (χ3n) is 3.81. The number of hydrogen-bond donors (Lipinski definition) is 2. The van der Waals surface area contributed by atoms with Crippen molar-refractivity contribution >= 4 is 11.6 Å². The first-order valence-corrected chi connectivity index (χ1v) is 7.66. The highest BCUT2D eigenvalue weighted by Crippen LogP contribution is 2.22. The van der Waals surface area contributed by atoms with E-state index >= 15 is 0 Å². The van der Waals surface area contributed by atoms with E-state index < -0.39 is 5.91 Å². The highest BCUT2D eigenvalue weighted by atomic mass is 16.1. The molecule has 0 fully saturated rings. The van der Waals surface area contributed by atoms with E-state index in [-0.39, 0.29) is 0 Å². The summed E-state index contributed by atoms with van der Waals surface area (Å²) in [7, 11) is 0. The Labute approximate surface area is 141 Å². The van der Waals surface area contributed by atoms with Crippen molar-refractivity contribution in [2.75, 3.05) is 5.73 Å². The van der Waals surface area contributed by atoms with Gasteiger partial charge >= 0.3 is 0 Å². The molecule has 4 N–H and O–H groups in total. The van der Waals surface area contributed by atoms with Gasteiger partial charge in [0.15, 0.2) is 0 Å². The molecule has 0 aliphatic carbocycles. The van der Waals surface area contributed by atoms with Crippen LogP contribution in [-0.4, -0.2) is 10.9 Å². The topological polar surface area (TPSA) is 82.0 Å². The molecule has 2 aromatic carbocycles. The van der Waals surface area contributed by atoms with E-state index in [0.29, 0.717) is 12.0 Å². The molecular formula is C20H18N3O. The number of nitrogens with two attached hydrogens (primary N) is 2. The van der Waals surface area contributed by atoms with Gasteiger partial charge in [0.2, 0.25) is 5.91 Å². The monoisotopic (exact) mass is 316 g/mol. The molecule has 3 rings (SSSR count). The smallest absolute Gasteiger partial charge is 0.248 e. The molecule has 0 bridgehead atoms. The van der Waals surface area contributed by atoms with Crippen molar-refractivity contribution in [2.24, 2.45) is 5.73 Å². The average molecular weight is 316 g/mol. The van der Waals surface area contributed by atoms with Crippen LogP contribution in [-0.2, 0) is 6.42 Å². The Kier molecular flexibility index (Phi) is 4.57. The number of aromatic nitrogens is 1. The third-order valence-corrected chi connectivity index (χ3v) is 3.81. The summed E-state index contributed by atoms with van der Waals surface area (Å²) in [5, 5.41) is 0. The fourth-order valence-electron chi connectivity index (χ4n) is 2.61. The lowest BCUT2D eigenvalue weighted by Crippen LogP contribution is -2.13. The molecule has 0 aliphatic rings. The summed E-state index contributed by atoms with van der Waals surface area (Å²) >= 11 is 0. The van der Waals surface area contributed by atoms with Crippen molar-refractivity contribution < 1.29 is 4.79 Å². The van der Waals surface area contributed by atoms with Gasteiger partial charge in [-0.2, -0.15) is 0 Å². The van der Waals surface area contributed by atoms with Crippen molar-refractivity contribution in [3.63, 3.8) is 0 Å². The van der Waals surface area contributed by atoms with E-state index in [1.165, 1.54) is 0 Å². The fraction of sp³-hybridized carbons (Fsp3) is 0.0500. The minimum absolute atomic E-state index is 0.416. The maximum absolute atomic E-state index is 11.5. The molecule has 3 aromatic rings. The average Bonchev–Trinajstić information content (AvgIpc) is 2.60. The largest absolute Gasteiger partial charge is 0.399 e. The molecule has 4 heteroatoms. The number of rotatable bonds is 5. The molecule has 1 aromatic heterocycles. The number of amides is 1. The Balaban J connectivity index is 1.80. The van der Waals surface area contributed by atoms with Crippen molar-refractivity contribution in [3.8, 4) is 11.1 Å². The molecule has 0 atom stereocenters. The second kappa shape index (κ2) is 6.96. The summed E-state index contributed by atoms with van der Waals surface area (Å²) in [5.41, 5.74) is 16.4. The Hall–Kier alpha value is -3.14. The van der Waals surface area contributed by atoms with E-state index in [2.05, 4.69) is 4.98 Å². The molecule has 119 valence electrons. The first-order chi connectivity index (χ1) is 11.6. The molecule has 1 amide bonds. The number of nitrogens with zero attached hydrogens (tertiary/aromatic N) is 1. The minimum Gasteiger partial charge on any atom is -0.399 e. The Morgan fingerprint density at radius 2 is 1.79 bits per heavy atom. The zero-order valence-electron chi connectivity index (χ0n) is 13.1. The van der Waals surface area contributed by atoms with Crippen molar-refractivity contribution in [2.45, 2.75) is 6.42 Å². The highest BCUT2D eigenvalue weighted by Gasteiger charge is 2.08. The molecular weight excluding hydrogens is 298 g/mol. The normalized spacial score (nSPS) is 10.5. The van der Waals surface area contributed by atoms with Crippen LogP contribution in [0.15, 0.2) is 66.9 Å². The van der Waals surface area contributed by atoms with E-state index in [0.717, 1.165) is 28.1 Å². The van der Waals surface area contributed by atoms with Crippen LogP contribution in [0.5, 0.6) is 0 Å². The van der Waals surface area contributed by atoms with Gasteiger partial charge < -0.3 is 11.5 Å². The standard InChI is InChI=1S/C20H18N3O/c21-17-6-3-5-15(12-17)16-10-11-23-18(13-16)9-8-14-4-1-2-7-19(14)20(22)24/h1-7,9-13H,8,21H2,(H2,22,24). The number of benzene rings is 2. The lowest BCUT2D eigenvalue weighted by atomic mass is 10.00. The van der Waals surface area contributed by atoms with Gasteiger partial charge in [0.1, 0.15) is 0 Å². The van der Waals surface area contributed by atoms with Crippen LogP contribution in [0.1, 0.15) is 21.6 Å². The molecule has 0 aliphatic heterocycles. The van der Waals surface area contributed by atoms with Crippen LogP contribution < -0.4 is 11.5 Å². The van der Waals surface area contributed by atoms with Crippen LogP contribution in [0.2, 0.25) is 0 Å². The molecule has 0 spiro atoms. The van der Waals surface area contributed by atoms with Gasteiger partial charge in [-0.05, 0) is 53.4 Å². The Morgan fingerprint density at radius 1 is 1.00 bits per heavy atom. The zero-order chi connectivity index (χ0) is 16.9. The number of hydrogen-bond acceptors (Lipinski definition) is 3. The number of anilines is 1. The Bertz CT molecular complexity index is 874. The van der Waals surface area contributed by atoms with Gasteiger partial charge in [0.25, 0.3) is 0 Å². The van der Waals surface area contributed by atoms with Crippen LogP contribution in [0, 0.1) is 6.42 Å². The van der Waals surface area contributed by atoms with Crippen LogP contribution in [0.25, 0.3) is 11.1 Å². The van der Waals surface area contributed by atoms with Crippen LogP contribution >= 0.6 is 0 Å². The third kappa shape index (κ3) is 3.60. The number of carbonyl (C=O) groups is 1. The summed E-state index contributed by atoms with van der Waals surface area (Å²) in [6.07, 6.45) is 4.34. The molecule has 1 heterocycles. The molecule has 0 saturated heterocycles. The summed E-state index contributed by atoms with van der Waals surface area (Å²) < 4.78 is 0. The summed E-state index contributed by atoms with van der Waals surface area (Å²) in [6, 6.07) is 19.0. The van der Waals surface area contributed by atoms with Crippen LogP contribution in [0.4, 0.5) is 5.69 Å². The van der Waals surface area contributed by atoms with Gasteiger partial charge in [0.05, 0.1) is 0 Å². The summed E-state index contributed by atoms with van der Waals surface area (Å²) in [6.45, 7) is 0. The lowest BCUT2D eigenvalue weighted by molar-refractivity contribution is 0.0999. The number of nitrogen functional groups attached to an aromatic ring is 1. The predicted molar refractivity (Wildman–Crippen MR) is 96.2 cm³/mol. The predicted octanol–water partition coefficient (Wildman–Crippen LogP) is 3.22. The number of pyridine rings is 1. The second-order valence-electron chi connectivity index (χ2n) is 5.52. The van der Waals surface area contributed by atoms with Crippen molar-refractivity contribution in [1.82, 2.24) is 4.98 Å². The first-order valence-electron chi connectivity index (χ1n) is 7.66. The van der Waals surface area contributed by atoms with Gasteiger partial charge in [-0.25, -0.2) is 0 Å². The van der Waals surface area contributed by atoms with Crippen LogP contribution in [0.3, 0.4) is 0 Å². The maximum Gasteiger partial charge on any atom is 0.248 e. The van der Waals surface area contributed by atoms with E-state index in [4.69, 9.17) is 11.5 Å². The number of primary amides is 1. The quantitative estimate of drug-likeness (QED) is 0.709. The van der Waals surface area contributed by atoms with Gasteiger partial charge in [-0.3, -0.25) is 9.78 Å². The van der Waals surface area contributed by atoms with Crippen molar-refractivity contribution in [3.05, 3.63) is 90.1 Å². The zero-order valence-corrected chi connectivity index (χ0v) is 13.1. The van der Waals surface area contributed by atoms with Gasteiger partial charge in [-0.1, -0.05) is 30.3 Å². The van der Waals surface area contributed by atoms with E-state index in [9.17, 15) is 4.79 Å². The fourth-order valence-corrected chi connectivity index (χ4v) is 2.61.